The van der Waals surface area contributed by atoms with Gasteiger partial charge in [0.15, 0.2) is 0 Å². The first-order chi connectivity index (χ1) is 7.67. The summed E-state index contributed by atoms with van der Waals surface area (Å²) in [5, 5.41) is 3.35. The summed E-state index contributed by atoms with van der Waals surface area (Å²) in [7, 11) is 3.30. The van der Waals surface area contributed by atoms with Gasteiger partial charge in [-0.2, -0.15) is 0 Å². The van der Waals surface area contributed by atoms with Crippen molar-refractivity contribution in [2.24, 2.45) is 11.7 Å². The second-order valence-electron chi connectivity index (χ2n) is 4.18. The van der Waals surface area contributed by atoms with E-state index in [0.717, 1.165) is 29.3 Å². The molecule has 1 heterocycles. The average Bonchev–Trinajstić information content (AvgIpc) is 2.32. The zero-order valence-corrected chi connectivity index (χ0v) is 9.91. The minimum atomic E-state index is 0.0280. The van der Waals surface area contributed by atoms with Crippen molar-refractivity contribution in [3.8, 4) is 11.5 Å². The van der Waals surface area contributed by atoms with Crippen LogP contribution in [0.15, 0.2) is 12.1 Å². The lowest BCUT2D eigenvalue weighted by molar-refractivity contribution is 0.388. The Morgan fingerprint density at radius 2 is 2.06 bits per heavy atom. The molecule has 2 rings (SSSR count). The lowest BCUT2D eigenvalue weighted by Crippen LogP contribution is -2.31. The number of ether oxygens (including phenoxy) is 2. The predicted octanol–water partition coefficient (Wildman–Crippen LogP) is 1.77. The second kappa shape index (κ2) is 4.22. The van der Waals surface area contributed by atoms with Gasteiger partial charge in [-0.25, -0.2) is 0 Å². The molecule has 1 aromatic rings. The van der Waals surface area contributed by atoms with Gasteiger partial charge in [-0.1, -0.05) is 6.92 Å². The van der Waals surface area contributed by atoms with Gasteiger partial charge in [-0.3, -0.25) is 0 Å². The second-order valence-corrected chi connectivity index (χ2v) is 4.18. The molecule has 0 bridgehead atoms. The van der Waals surface area contributed by atoms with Crippen LogP contribution in [-0.2, 0) is 0 Å². The molecular formula is C12H18N2O2. The normalized spacial score (nSPS) is 23.2. The van der Waals surface area contributed by atoms with Gasteiger partial charge in [0.25, 0.3) is 0 Å². The number of hydrogen-bond acceptors (Lipinski definition) is 4. The lowest BCUT2D eigenvalue weighted by atomic mass is 9.90. The zero-order valence-electron chi connectivity index (χ0n) is 9.91. The number of methoxy groups -OCH3 is 2. The molecule has 0 saturated heterocycles. The maximum absolute atomic E-state index is 6.19. The molecule has 0 spiro atoms. The number of benzene rings is 1. The zero-order chi connectivity index (χ0) is 11.7. The number of fused-ring (bicyclic) bond motifs is 1. The van der Waals surface area contributed by atoms with Gasteiger partial charge in [0.1, 0.15) is 11.5 Å². The Morgan fingerprint density at radius 3 is 2.69 bits per heavy atom. The fourth-order valence-corrected chi connectivity index (χ4v) is 2.04. The molecule has 0 radical (unpaired) electrons. The van der Waals surface area contributed by atoms with Gasteiger partial charge in [0.05, 0.1) is 19.9 Å². The molecule has 16 heavy (non-hydrogen) atoms. The quantitative estimate of drug-likeness (QED) is 0.800. The van der Waals surface area contributed by atoms with E-state index >= 15 is 0 Å². The Morgan fingerprint density at radius 1 is 1.31 bits per heavy atom. The SMILES string of the molecule is COc1cc(OC)c2c(c1)C(N)C(C)CN2. The van der Waals surface area contributed by atoms with Crippen LogP contribution in [0.25, 0.3) is 0 Å². The van der Waals surface area contributed by atoms with Gasteiger partial charge >= 0.3 is 0 Å². The van der Waals surface area contributed by atoms with Crippen molar-refractivity contribution in [1.29, 1.82) is 0 Å². The summed E-state index contributed by atoms with van der Waals surface area (Å²) in [6.45, 7) is 3.00. The smallest absolute Gasteiger partial charge is 0.145 e. The first-order valence-electron chi connectivity index (χ1n) is 5.42. The Bertz CT molecular complexity index is 393. The lowest BCUT2D eigenvalue weighted by Gasteiger charge is -2.31. The van der Waals surface area contributed by atoms with Crippen molar-refractivity contribution in [3.05, 3.63) is 17.7 Å². The summed E-state index contributed by atoms with van der Waals surface area (Å²) in [4.78, 5) is 0. The highest BCUT2D eigenvalue weighted by Gasteiger charge is 2.26. The first-order valence-corrected chi connectivity index (χ1v) is 5.42. The van der Waals surface area contributed by atoms with E-state index in [1.807, 2.05) is 12.1 Å². The highest BCUT2D eigenvalue weighted by Crippen LogP contribution is 2.41. The van der Waals surface area contributed by atoms with E-state index in [9.17, 15) is 0 Å². The third-order valence-corrected chi connectivity index (χ3v) is 3.13. The van der Waals surface area contributed by atoms with E-state index < -0.39 is 0 Å². The number of rotatable bonds is 2. The summed E-state index contributed by atoms with van der Waals surface area (Å²) in [6, 6.07) is 3.87. The molecule has 1 aromatic carbocycles. The molecule has 3 N–H and O–H groups in total. The topological polar surface area (TPSA) is 56.5 Å². The number of nitrogens with one attached hydrogen (secondary N) is 1. The first kappa shape index (κ1) is 11.1. The number of anilines is 1. The van der Waals surface area contributed by atoms with Gasteiger partial charge in [0, 0.05) is 18.7 Å². The minimum Gasteiger partial charge on any atom is -0.497 e. The van der Waals surface area contributed by atoms with Crippen LogP contribution in [0.5, 0.6) is 11.5 Å². The summed E-state index contributed by atoms with van der Waals surface area (Å²) in [5.74, 6) is 1.97. The average molecular weight is 222 g/mol. The molecule has 0 saturated carbocycles. The van der Waals surface area contributed by atoms with Crippen molar-refractivity contribution in [2.45, 2.75) is 13.0 Å². The monoisotopic (exact) mass is 222 g/mol. The molecule has 2 atom stereocenters. The van der Waals surface area contributed by atoms with E-state index in [0.29, 0.717) is 5.92 Å². The molecule has 1 aliphatic heterocycles. The van der Waals surface area contributed by atoms with Crippen LogP contribution in [0.4, 0.5) is 5.69 Å². The Labute approximate surface area is 95.7 Å². The minimum absolute atomic E-state index is 0.0280. The standard InChI is InChI=1S/C12H18N2O2/c1-7-6-14-12-9(11(7)13)4-8(15-2)5-10(12)16-3/h4-5,7,11,14H,6,13H2,1-3H3. The molecule has 0 aromatic heterocycles. The summed E-state index contributed by atoms with van der Waals surface area (Å²) in [5.41, 5.74) is 8.25. The van der Waals surface area contributed by atoms with E-state index in [1.165, 1.54) is 0 Å². The van der Waals surface area contributed by atoms with E-state index in [1.54, 1.807) is 14.2 Å². The molecule has 4 heteroatoms. The van der Waals surface area contributed by atoms with E-state index in [-0.39, 0.29) is 6.04 Å². The van der Waals surface area contributed by atoms with Gasteiger partial charge in [-0.05, 0) is 17.5 Å². The highest BCUT2D eigenvalue weighted by molar-refractivity contribution is 5.67. The number of nitrogens with two attached hydrogens (primary N) is 1. The van der Waals surface area contributed by atoms with E-state index in [4.69, 9.17) is 15.2 Å². The van der Waals surface area contributed by atoms with Crippen LogP contribution in [-0.4, -0.2) is 20.8 Å². The van der Waals surface area contributed by atoms with Crippen molar-refractivity contribution < 1.29 is 9.47 Å². The van der Waals surface area contributed by atoms with Gasteiger partial charge in [0.2, 0.25) is 0 Å². The predicted molar refractivity (Wildman–Crippen MR) is 64.1 cm³/mol. The highest BCUT2D eigenvalue weighted by atomic mass is 16.5. The Hall–Kier alpha value is -1.42. The summed E-state index contributed by atoms with van der Waals surface area (Å²) in [6.07, 6.45) is 0. The fourth-order valence-electron chi connectivity index (χ4n) is 2.04. The van der Waals surface area contributed by atoms with Crippen LogP contribution < -0.4 is 20.5 Å². The molecule has 0 amide bonds. The van der Waals surface area contributed by atoms with Crippen LogP contribution in [0.2, 0.25) is 0 Å². The third kappa shape index (κ3) is 1.69. The summed E-state index contributed by atoms with van der Waals surface area (Å²) < 4.78 is 10.6. The molecule has 0 aliphatic carbocycles. The summed E-state index contributed by atoms with van der Waals surface area (Å²) >= 11 is 0. The maximum Gasteiger partial charge on any atom is 0.145 e. The Balaban J connectivity index is 2.52. The van der Waals surface area contributed by atoms with Gasteiger partial charge in [-0.15, -0.1) is 0 Å². The molecule has 4 nitrogen and oxygen atoms in total. The molecule has 88 valence electrons. The van der Waals surface area contributed by atoms with Crippen LogP contribution in [0.3, 0.4) is 0 Å². The molecule has 1 aliphatic rings. The van der Waals surface area contributed by atoms with E-state index in [2.05, 4.69) is 12.2 Å². The van der Waals surface area contributed by atoms with Crippen molar-refractivity contribution in [3.63, 3.8) is 0 Å². The number of hydrogen-bond donors (Lipinski definition) is 2. The molecule has 0 fully saturated rings. The van der Waals surface area contributed by atoms with Crippen LogP contribution in [0, 0.1) is 5.92 Å². The van der Waals surface area contributed by atoms with Crippen LogP contribution in [0.1, 0.15) is 18.5 Å². The third-order valence-electron chi connectivity index (χ3n) is 3.13. The molecule has 2 unspecified atom stereocenters. The van der Waals surface area contributed by atoms with Crippen LogP contribution >= 0.6 is 0 Å². The van der Waals surface area contributed by atoms with Crippen molar-refractivity contribution >= 4 is 5.69 Å². The van der Waals surface area contributed by atoms with Crippen molar-refractivity contribution in [1.82, 2.24) is 0 Å². The molecular weight excluding hydrogens is 204 g/mol. The largest absolute Gasteiger partial charge is 0.497 e. The maximum atomic E-state index is 6.19. The van der Waals surface area contributed by atoms with Gasteiger partial charge < -0.3 is 20.5 Å². The Kier molecular flexibility index (Phi) is 2.92. The van der Waals surface area contributed by atoms with Crippen molar-refractivity contribution in [2.75, 3.05) is 26.1 Å². The fraction of sp³-hybridized carbons (Fsp3) is 0.500.